The molecule has 1 rings (SSSR count). The molecule has 0 aliphatic heterocycles. The number of carbonyl (C=O) groups is 1. The number of hydrogen-bond acceptors (Lipinski definition) is 3. The topological polar surface area (TPSA) is 66.2 Å². The van der Waals surface area contributed by atoms with Gasteiger partial charge in [0.1, 0.15) is 17.3 Å². The van der Waals surface area contributed by atoms with E-state index >= 15 is 0 Å². The molecule has 0 aromatic heterocycles. The highest BCUT2D eigenvalue weighted by atomic mass is 19.1. The number of benzene rings is 1. The summed E-state index contributed by atoms with van der Waals surface area (Å²) in [4.78, 5) is 10.1. The molecule has 0 heterocycles. The van der Waals surface area contributed by atoms with Crippen LogP contribution in [0.3, 0.4) is 0 Å². The summed E-state index contributed by atoms with van der Waals surface area (Å²) in [5.41, 5.74) is 3.62. The van der Waals surface area contributed by atoms with Crippen LogP contribution in [0.1, 0.15) is 10.4 Å². The number of aromatic carboxylic acids is 1. The Morgan fingerprint density at radius 2 is 1.75 bits per heavy atom. The van der Waals surface area contributed by atoms with Crippen LogP contribution in [0, 0.1) is 11.6 Å². The number of nitrogen functional groups attached to an aromatic ring is 1. The quantitative estimate of drug-likeness (QED) is 0.602. The van der Waals surface area contributed by atoms with E-state index in [1.54, 1.807) is 0 Å². The highest BCUT2D eigenvalue weighted by Gasteiger charge is 2.07. The number of anilines is 1. The van der Waals surface area contributed by atoms with E-state index in [2.05, 4.69) is 0 Å². The number of rotatable bonds is 1. The van der Waals surface area contributed by atoms with Gasteiger partial charge in [-0.2, -0.15) is 0 Å². The van der Waals surface area contributed by atoms with E-state index in [0.717, 1.165) is 0 Å². The van der Waals surface area contributed by atoms with Gasteiger partial charge >= 0.3 is 0 Å². The van der Waals surface area contributed by atoms with Crippen molar-refractivity contribution in [3.05, 3.63) is 29.3 Å². The zero-order chi connectivity index (χ0) is 9.30. The molecule has 0 aliphatic carbocycles. The van der Waals surface area contributed by atoms with Gasteiger partial charge in [-0.1, -0.05) is 0 Å². The van der Waals surface area contributed by atoms with E-state index in [0.29, 0.717) is 12.1 Å². The Morgan fingerprint density at radius 1 is 1.33 bits per heavy atom. The van der Waals surface area contributed by atoms with Crippen LogP contribution in [-0.2, 0) is 0 Å². The van der Waals surface area contributed by atoms with E-state index in [4.69, 9.17) is 5.73 Å². The van der Waals surface area contributed by atoms with Crippen LogP contribution < -0.4 is 10.8 Å². The highest BCUT2D eigenvalue weighted by Crippen LogP contribution is 2.16. The molecule has 5 heteroatoms. The zero-order valence-corrected chi connectivity index (χ0v) is 5.80. The average Bonchev–Trinajstić information content (AvgIpc) is 1.99. The van der Waals surface area contributed by atoms with E-state index in [1.807, 2.05) is 0 Å². The summed E-state index contributed by atoms with van der Waals surface area (Å²) in [5.74, 6) is -3.85. The van der Waals surface area contributed by atoms with Crippen LogP contribution in [-0.4, -0.2) is 5.97 Å². The Morgan fingerprint density at radius 3 is 2.08 bits per heavy atom. The summed E-state index contributed by atoms with van der Waals surface area (Å²) in [6.45, 7) is 0. The second-order valence-corrected chi connectivity index (χ2v) is 2.14. The maximum atomic E-state index is 12.5. The van der Waals surface area contributed by atoms with Crippen molar-refractivity contribution in [2.45, 2.75) is 0 Å². The first-order valence-corrected chi connectivity index (χ1v) is 2.98. The number of carboxylic acids is 1. The lowest BCUT2D eigenvalue weighted by molar-refractivity contribution is -0.255. The second-order valence-electron chi connectivity index (χ2n) is 2.14. The first-order valence-electron chi connectivity index (χ1n) is 2.98. The van der Waals surface area contributed by atoms with Gasteiger partial charge in [0.05, 0.1) is 5.97 Å². The molecule has 0 radical (unpaired) electrons. The average molecular weight is 172 g/mol. The summed E-state index contributed by atoms with van der Waals surface area (Å²) >= 11 is 0. The van der Waals surface area contributed by atoms with Crippen LogP contribution in [0.25, 0.3) is 0 Å². The van der Waals surface area contributed by atoms with Crippen molar-refractivity contribution in [3.63, 3.8) is 0 Å². The van der Waals surface area contributed by atoms with Gasteiger partial charge in [-0.05, 0) is 12.1 Å². The molecule has 0 amide bonds. The molecule has 0 saturated carbocycles. The van der Waals surface area contributed by atoms with Gasteiger partial charge in [0.2, 0.25) is 0 Å². The fourth-order valence-corrected chi connectivity index (χ4v) is 0.702. The van der Waals surface area contributed by atoms with Crippen LogP contribution in [0.15, 0.2) is 12.1 Å². The van der Waals surface area contributed by atoms with Gasteiger partial charge < -0.3 is 15.6 Å². The van der Waals surface area contributed by atoms with Crippen molar-refractivity contribution in [3.8, 4) is 0 Å². The Balaban J connectivity index is 3.31. The first-order chi connectivity index (χ1) is 5.52. The Bertz CT molecular complexity index is 315. The maximum Gasteiger partial charge on any atom is 0.149 e. The number of nitrogens with two attached hydrogens (primary N) is 1. The number of hydrogen-bond donors (Lipinski definition) is 1. The Hall–Kier alpha value is -1.65. The van der Waals surface area contributed by atoms with E-state index in [-0.39, 0.29) is 0 Å². The molecule has 0 spiro atoms. The minimum Gasteiger partial charge on any atom is -0.545 e. The number of carbonyl (C=O) groups excluding carboxylic acids is 1. The Kier molecular flexibility index (Phi) is 1.95. The SMILES string of the molecule is Nc1c(F)cc(C(=O)[O-])cc1F. The van der Waals surface area contributed by atoms with Crippen molar-refractivity contribution < 1.29 is 18.7 Å². The van der Waals surface area contributed by atoms with Crippen molar-refractivity contribution in [2.24, 2.45) is 0 Å². The number of carboxylic acid groups (broad SMARTS) is 1. The summed E-state index contributed by atoms with van der Waals surface area (Å²) < 4.78 is 25.1. The zero-order valence-electron chi connectivity index (χ0n) is 5.80. The van der Waals surface area contributed by atoms with Gasteiger partial charge in [0.25, 0.3) is 0 Å². The van der Waals surface area contributed by atoms with Gasteiger partial charge in [-0.3, -0.25) is 0 Å². The van der Waals surface area contributed by atoms with Crippen LogP contribution in [0.5, 0.6) is 0 Å². The summed E-state index contributed by atoms with van der Waals surface area (Å²) in [6.07, 6.45) is 0. The third-order valence-corrected chi connectivity index (χ3v) is 1.31. The molecular formula is C7H4F2NO2-. The lowest BCUT2D eigenvalue weighted by Gasteiger charge is -2.04. The largest absolute Gasteiger partial charge is 0.545 e. The third-order valence-electron chi connectivity index (χ3n) is 1.31. The molecule has 0 aliphatic rings. The molecule has 1 aromatic rings. The van der Waals surface area contributed by atoms with Crippen LogP contribution >= 0.6 is 0 Å². The van der Waals surface area contributed by atoms with Crippen molar-refractivity contribution in [2.75, 3.05) is 5.73 Å². The molecule has 12 heavy (non-hydrogen) atoms. The van der Waals surface area contributed by atoms with E-state index in [1.165, 1.54) is 0 Å². The monoisotopic (exact) mass is 172 g/mol. The van der Waals surface area contributed by atoms with Crippen molar-refractivity contribution in [1.29, 1.82) is 0 Å². The minimum atomic E-state index is -1.65. The van der Waals surface area contributed by atoms with Gasteiger partial charge in [-0.25, -0.2) is 8.78 Å². The Labute approximate surface area is 66.4 Å². The molecule has 2 N–H and O–H groups in total. The van der Waals surface area contributed by atoms with Crippen LogP contribution in [0.2, 0.25) is 0 Å². The summed E-state index contributed by atoms with van der Waals surface area (Å²) in [6, 6.07) is 1.21. The molecule has 0 fully saturated rings. The fourth-order valence-electron chi connectivity index (χ4n) is 0.702. The third kappa shape index (κ3) is 1.34. The van der Waals surface area contributed by atoms with E-state index in [9.17, 15) is 18.7 Å². The lowest BCUT2D eigenvalue weighted by Crippen LogP contribution is -2.22. The fraction of sp³-hybridized carbons (Fsp3) is 0. The molecule has 0 saturated heterocycles. The predicted molar refractivity (Wildman–Crippen MR) is 35.1 cm³/mol. The summed E-state index contributed by atoms with van der Waals surface area (Å²) in [7, 11) is 0. The van der Waals surface area contributed by atoms with Gasteiger partial charge in [-0.15, -0.1) is 0 Å². The highest BCUT2D eigenvalue weighted by molar-refractivity contribution is 5.86. The van der Waals surface area contributed by atoms with Gasteiger partial charge in [0.15, 0.2) is 0 Å². The maximum absolute atomic E-state index is 12.5. The molecule has 3 nitrogen and oxygen atoms in total. The standard InChI is InChI=1S/C7H5F2NO2/c8-4-1-3(7(11)12)2-5(9)6(4)10/h1-2H,10H2,(H,11,12)/p-1. The minimum absolute atomic E-state index is 0.570. The predicted octanol–water partition coefficient (Wildman–Crippen LogP) is -0.0895. The normalized spacial score (nSPS) is 9.83. The van der Waals surface area contributed by atoms with Crippen molar-refractivity contribution >= 4 is 11.7 Å². The molecular weight excluding hydrogens is 168 g/mol. The second kappa shape index (κ2) is 2.77. The van der Waals surface area contributed by atoms with Crippen LogP contribution in [0.4, 0.5) is 14.5 Å². The molecule has 0 atom stereocenters. The molecule has 64 valence electrons. The number of halogens is 2. The molecule has 0 unspecified atom stereocenters. The smallest absolute Gasteiger partial charge is 0.149 e. The van der Waals surface area contributed by atoms with E-state index < -0.39 is 28.9 Å². The molecule has 0 bridgehead atoms. The summed E-state index contributed by atoms with van der Waals surface area (Å²) in [5, 5.41) is 10.1. The molecule has 1 aromatic carbocycles. The van der Waals surface area contributed by atoms with Gasteiger partial charge in [0, 0.05) is 5.56 Å². The lowest BCUT2D eigenvalue weighted by atomic mass is 10.2. The van der Waals surface area contributed by atoms with Crippen molar-refractivity contribution in [1.82, 2.24) is 0 Å². The first kappa shape index (κ1) is 8.45.